The minimum absolute atomic E-state index is 0.0723. The standard InChI is InChI=1S/C13H14F2N2O3/c1-17-7-9(20-13(17)19)3-5-12(18)16-11-4-2-8(14)6-10(11)15/h2,4,6,9H,3,5,7H2,1H3,(H,16,18). The van der Waals surface area contributed by atoms with Gasteiger partial charge in [-0.3, -0.25) is 4.79 Å². The zero-order valence-electron chi connectivity index (χ0n) is 10.9. The van der Waals surface area contributed by atoms with Crippen molar-refractivity contribution in [3.8, 4) is 0 Å². The first-order valence-corrected chi connectivity index (χ1v) is 6.12. The molecule has 1 atom stereocenters. The number of likely N-dealkylation sites (N-methyl/N-ethyl adjacent to an activating group) is 1. The summed E-state index contributed by atoms with van der Waals surface area (Å²) in [5.74, 6) is -1.95. The van der Waals surface area contributed by atoms with Crippen LogP contribution in [0.15, 0.2) is 18.2 Å². The summed E-state index contributed by atoms with van der Waals surface area (Å²) in [6, 6.07) is 2.92. The lowest BCUT2D eigenvalue weighted by molar-refractivity contribution is -0.116. The molecule has 2 rings (SSSR count). The van der Waals surface area contributed by atoms with E-state index < -0.39 is 23.6 Å². The van der Waals surface area contributed by atoms with E-state index in [1.54, 1.807) is 7.05 Å². The van der Waals surface area contributed by atoms with Crippen LogP contribution in [0, 0.1) is 11.6 Å². The van der Waals surface area contributed by atoms with Gasteiger partial charge in [0.15, 0.2) is 0 Å². The van der Waals surface area contributed by atoms with Crippen molar-refractivity contribution in [2.24, 2.45) is 0 Å². The van der Waals surface area contributed by atoms with Crippen molar-refractivity contribution >= 4 is 17.7 Å². The van der Waals surface area contributed by atoms with Crippen LogP contribution in [0.2, 0.25) is 0 Å². The molecule has 1 unspecified atom stereocenters. The SMILES string of the molecule is CN1CC(CCC(=O)Nc2ccc(F)cc2F)OC1=O. The number of benzene rings is 1. The summed E-state index contributed by atoms with van der Waals surface area (Å²) in [5, 5.41) is 2.35. The van der Waals surface area contributed by atoms with E-state index in [0.717, 1.165) is 12.1 Å². The lowest BCUT2D eigenvalue weighted by Gasteiger charge is -2.09. The van der Waals surface area contributed by atoms with Gasteiger partial charge in [-0.2, -0.15) is 0 Å². The Kier molecular flexibility index (Phi) is 4.16. The summed E-state index contributed by atoms with van der Waals surface area (Å²) >= 11 is 0. The molecule has 20 heavy (non-hydrogen) atoms. The second-order valence-corrected chi connectivity index (χ2v) is 4.60. The van der Waals surface area contributed by atoms with Crippen LogP contribution < -0.4 is 5.32 Å². The number of hydrogen-bond donors (Lipinski definition) is 1. The normalized spacial score (nSPS) is 18.1. The highest BCUT2D eigenvalue weighted by Crippen LogP contribution is 2.17. The Bertz CT molecular complexity index is 536. The molecule has 7 heteroatoms. The van der Waals surface area contributed by atoms with Crippen LogP contribution in [0.3, 0.4) is 0 Å². The number of carbonyl (C=O) groups excluding carboxylic acids is 2. The predicted molar refractivity (Wildman–Crippen MR) is 67.1 cm³/mol. The van der Waals surface area contributed by atoms with Crippen molar-refractivity contribution in [2.45, 2.75) is 18.9 Å². The zero-order chi connectivity index (χ0) is 14.7. The van der Waals surface area contributed by atoms with Gasteiger partial charge in [-0.05, 0) is 18.6 Å². The molecule has 1 aromatic carbocycles. The first-order valence-electron chi connectivity index (χ1n) is 6.12. The van der Waals surface area contributed by atoms with E-state index in [2.05, 4.69) is 5.32 Å². The van der Waals surface area contributed by atoms with Crippen LogP contribution in [0.25, 0.3) is 0 Å². The number of ether oxygens (including phenoxy) is 1. The van der Waals surface area contributed by atoms with Crippen LogP contribution in [-0.2, 0) is 9.53 Å². The molecule has 5 nitrogen and oxygen atoms in total. The van der Waals surface area contributed by atoms with Crippen LogP contribution in [0.5, 0.6) is 0 Å². The summed E-state index contributed by atoms with van der Waals surface area (Å²) in [7, 11) is 1.61. The number of carbonyl (C=O) groups is 2. The molecule has 0 bridgehead atoms. The fourth-order valence-electron chi connectivity index (χ4n) is 1.90. The molecular weight excluding hydrogens is 270 g/mol. The number of hydrogen-bond acceptors (Lipinski definition) is 3. The van der Waals surface area contributed by atoms with Crippen molar-refractivity contribution in [3.05, 3.63) is 29.8 Å². The minimum Gasteiger partial charge on any atom is -0.444 e. The molecule has 0 saturated carbocycles. The lowest BCUT2D eigenvalue weighted by Crippen LogP contribution is -2.20. The Labute approximate surface area is 114 Å². The molecule has 1 saturated heterocycles. The van der Waals surface area contributed by atoms with E-state index in [1.165, 1.54) is 4.90 Å². The quantitative estimate of drug-likeness (QED) is 0.921. The van der Waals surface area contributed by atoms with E-state index in [9.17, 15) is 18.4 Å². The number of amides is 2. The molecule has 0 aliphatic carbocycles. The summed E-state index contributed by atoms with van der Waals surface area (Å²) in [6.07, 6.45) is -0.316. The highest BCUT2D eigenvalue weighted by Gasteiger charge is 2.28. The second kappa shape index (κ2) is 5.85. The maximum atomic E-state index is 13.3. The van der Waals surface area contributed by atoms with E-state index in [1.807, 2.05) is 0 Å². The smallest absolute Gasteiger partial charge is 0.409 e. The van der Waals surface area contributed by atoms with E-state index in [4.69, 9.17) is 4.74 Å². The maximum Gasteiger partial charge on any atom is 0.409 e. The topological polar surface area (TPSA) is 58.6 Å². The fraction of sp³-hybridized carbons (Fsp3) is 0.385. The van der Waals surface area contributed by atoms with E-state index in [0.29, 0.717) is 19.0 Å². The maximum absolute atomic E-state index is 13.3. The van der Waals surface area contributed by atoms with Gasteiger partial charge >= 0.3 is 6.09 Å². The van der Waals surface area contributed by atoms with E-state index >= 15 is 0 Å². The minimum atomic E-state index is -0.828. The van der Waals surface area contributed by atoms with Crippen LogP contribution in [0.4, 0.5) is 19.3 Å². The number of rotatable bonds is 4. The van der Waals surface area contributed by atoms with Crippen LogP contribution in [-0.4, -0.2) is 36.6 Å². The average Bonchev–Trinajstić information content (AvgIpc) is 2.70. The van der Waals surface area contributed by atoms with Crippen molar-refractivity contribution in [3.63, 3.8) is 0 Å². The molecule has 1 aliphatic rings. The first kappa shape index (κ1) is 14.2. The highest BCUT2D eigenvalue weighted by atomic mass is 19.1. The second-order valence-electron chi connectivity index (χ2n) is 4.60. The molecule has 0 aromatic heterocycles. The number of anilines is 1. The van der Waals surface area contributed by atoms with Gasteiger partial charge in [0.1, 0.15) is 17.7 Å². The van der Waals surface area contributed by atoms with Gasteiger partial charge < -0.3 is 15.0 Å². The largest absolute Gasteiger partial charge is 0.444 e. The molecule has 1 heterocycles. The van der Waals surface area contributed by atoms with Crippen LogP contribution in [0.1, 0.15) is 12.8 Å². The molecule has 0 spiro atoms. The number of cyclic esters (lactones) is 1. The Morgan fingerprint density at radius 2 is 2.25 bits per heavy atom. The van der Waals surface area contributed by atoms with Gasteiger partial charge in [0.25, 0.3) is 0 Å². The van der Waals surface area contributed by atoms with Gasteiger partial charge in [-0.1, -0.05) is 0 Å². The van der Waals surface area contributed by atoms with Crippen molar-refractivity contribution < 1.29 is 23.1 Å². The van der Waals surface area contributed by atoms with E-state index in [-0.39, 0.29) is 18.2 Å². The average molecular weight is 284 g/mol. The Morgan fingerprint density at radius 3 is 2.85 bits per heavy atom. The Balaban J connectivity index is 1.82. The third-order valence-electron chi connectivity index (χ3n) is 2.96. The van der Waals surface area contributed by atoms with Gasteiger partial charge in [0.05, 0.1) is 12.2 Å². The summed E-state index contributed by atoms with van der Waals surface area (Å²) in [5.41, 5.74) is -0.0723. The summed E-state index contributed by atoms with van der Waals surface area (Å²) in [4.78, 5) is 24.2. The molecule has 0 radical (unpaired) electrons. The zero-order valence-corrected chi connectivity index (χ0v) is 10.9. The number of nitrogens with zero attached hydrogens (tertiary/aromatic N) is 1. The van der Waals surface area contributed by atoms with Crippen LogP contribution >= 0.6 is 0 Å². The van der Waals surface area contributed by atoms with Crippen molar-refractivity contribution in [2.75, 3.05) is 18.9 Å². The molecule has 108 valence electrons. The van der Waals surface area contributed by atoms with Gasteiger partial charge in [-0.15, -0.1) is 0 Å². The Morgan fingerprint density at radius 1 is 1.50 bits per heavy atom. The monoisotopic (exact) mass is 284 g/mol. The number of halogens is 2. The molecule has 1 aliphatic heterocycles. The first-order chi connectivity index (χ1) is 9.45. The van der Waals surface area contributed by atoms with Gasteiger partial charge in [0.2, 0.25) is 5.91 Å². The lowest BCUT2D eigenvalue weighted by atomic mass is 10.2. The molecule has 1 fully saturated rings. The Hall–Kier alpha value is -2.18. The molecular formula is C13H14F2N2O3. The summed E-state index contributed by atoms with van der Waals surface area (Å²) < 4.78 is 31.0. The number of nitrogens with one attached hydrogen (secondary N) is 1. The third-order valence-corrected chi connectivity index (χ3v) is 2.96. The summed E-state index contributed by atoms with van der Waals surface area (Å²) in [6.45, 7) is 0.428. The molecule has 1 aromatic rings. The van der Waals surface area contributed by atoms with Gasteiger partial charge in [-0.25, -0.2) is 13.6 Å². The highest BCUT2D eigenvalue weighted by molar-refractivity contribution is 5.90. The third kappa shape index (κ3) is 3.43. The van der Waals surface area contributed by atoms with Crippen molar-refractivity contribution in [1.82, 2.24) is 4.90 Å². The molecule has 1 N–H and O–H groups in total. The van der Waals surface area contributed by atoms with Gasteiger partial charge in [0, 0.05) is 19.5 Å². The molecule has 2 amide bonds. The predicted octanol–water partition coefficient (Wildman–Crippen LogP) is 2.13. The van der Waals surface area contributed by atoms with Crippen molar-refractivity contribution in [1.29, 1.82) is 0 Å². The fourth-order valence-corrected chi connectivity index (χ4v) is 1.90.